The average molecular weight is 471 g/mol. The van der Waals surface area contributed by atoms with Crippen molar-refractivity contribution in [2.45, 2.75) is 6.42 Å². The normalized spacial score (nSPS) is 12.5. The number of para-hydroxylation sites is 3. The Morgan fingerprint density at radius 3 is 2.29 bits per heavy atom. The van der Waals surface area contributed by atoms with Gasteiger partial charge in [0.05, 0.1) is 14.2 Å². The van der Waals surface area contributed by atoms with Crippen LogP contribution in [0.15, 0.2) is 72.3 Å². The predicted molar refractivity (Wildman–Crippen MR) is 133 cm³/mol. The molecular weight excluding hydrogens is 444 g/mol. The number of nitriles is 1. The molecule has 0 unspecified atom stereocenters. The Balaban J connectivity index is 1.42. The first kappa shape index (κ1) is 23.7. The standard InChI is InChI=1S/C28H26N2O5/c1-32-24-9-5-6-10-25(24)34-15-16-35-26-12-11-20(18-27(26)33-2)17-22(19-29)28(31)30-14-13-21-7-3-4-8-23(21)30/h3-12,17-18H,13-16H2,1-2H3/b22-17+. The third kappa shape index (κ3) is 5.39. The number of methoxy groups -OCH3 is 2. The molecule has 0 bridgehead atoms. The van der Waals surface area contributed by atoms with Gasteiger partial charge >= 0.3 is 0 Å². The molecule has 0 fully saturated rings. The van der Waals surface area contributed by atoms with Crippen molar-refractivity contribution in [1.82, 2.24) is 0 Å². The van der Waals surface area contributed by atoms with Crippen LogP contribution in [0.5, 0.6) is 23.0 Å². The van der Waals surface area contributed by atoms with E-state index in [1.165, 1.54) is 0 Å². The minimum absolute atomic E-state index is 0.0580. The lowest BCUT2D eigenvalue weighted by Gasteiger charge is -2.17. The number of carbonyl (C=O) groups is 1. The molecule has 0 saturated heterocycles. The summed E-state index contributed by atoms with van der Waals surface area (Å²) in [5.74, 6) is 2.01. The first-order valence-electron chi connectivity index (χ1n) is 11.2. The van der Waals surface area contributed by atoms with Crippen LogP contribution in [0.2, 0.25) is 0 Å². The van der Waals surface area contributed by atoms with Gasteiger partial charge in [-0.1, -0.05) is 36.4 Å². The van der Waals surface area contributed by atoms with Gasteiger partial charge < -0.3 is 23.8 Å². The maximum Gasteiger partial charge on any atom is 0.268 e. The lowest BCUT2D eigenvalue weighted by Crippen LogP contribution is -2.29. The summed E-state index contributed by atoms with van der Waals surface area (Å²) in [4.78, 5) is 14.7. The van der Waals surface area contributed by atoms with Gasteiger partial charge in [0.15, 0.2) is 23.0 Å². The molecule has 0 N–H and O–H groups in total. The van der Waals surface area contributed by atoms with Crippen LogP contribution in [0.1, 0.15) is 11.1 Å². The maximum absolute atomic E-state index is 13.1. The van der Waals surface area contributed by atoms with Gasteiger partial charge in [0.2, 0.25) is 0 Å². The molecule has 35 heavy (non-hydrogen) atoms. The van der Waals surface area contributed by atoms with Crippen LogP contribution in [0.4, 0.5) is 5.69 Å². The van der Waals surface area contributed by atoms with E-state index in [1.54, 1.807) is 43.4 Å². The number of hydrogen-bond acceptors (Lipinski definition) is 6. The number of rotatable bonds is 9. The fourth-order valence-corrected chi connectivity index (χ4v) is 3.94. The maximum atomic E-state index is 13.1. The molecule has 178 valence electrons. The Morgan fingerprint density at radius 2 is 1.57 bits per heavy atom. The third-order valence-corrected chi connectivity index (χ3v) is 5.65. The van der Waals surface area contributed by atoms with Crippen molar-refractivity contribution in [3.63, 3.8) is 0 Å². The van der Waals surface area contributed by atoms with Gasteiger partial charge in [-0.15, -0.1) is 0 Å². The van der Waals surface area contributed by atoms with Gasteiger partial charge in [-0.2, -0.15) is 5.26 Å². The Labute approximate surface area is 204 Å². The van der Waals surface area contributed by atoms with Crippen LogP contribution in [0.25, 0.3) is 6.08 Å². The van der Waals surface area contributed by atoms with Crippen molar-refractivity contribution in [2.24, 2.45) is 0 Å². The quantitative estimate of drug-likeness (QED) is 0.257. The van der Waals surface area contributed by atoms with E-state index in [9.17, 15) is 10.1 Å². The van der Waals surface area contributed by atoms with Crippen molar-refractivity contribution in [3.8, 4) is 29.1 Å². The molecule has 0 spiro atoms. The SMILES string of the molecule is COc1ccccc1OCCOc1ccc(/C=C(\C#N)C(=O)N2CCc3ccccc32)cc1OC. The Hall–Kier alpha value is -4.44. The number of amides is 1. The summed E-state index contributed by atoms with van der Waals surface area (Å²) >= 11 is 0. The number of nitrogens with zero attached hydrogens (tertiary/aromatic N) is 2. The highest BCUT2D eigenvalue weighted by atomic mass is 16.5. The van der Waals surface area contributed by atoms with Crippen LogP contribution in [0, 0.1) is 11.3 Å². The Morgan fingerprint density at radius 1 is 0.914 bits per heavy atom. The van der Waals surface area contributed by atoms with E-state index in [2.05, 4.69) is 0 Å². The monoisotopic (exact) mass is 470 g/mol. The number of ether oxygens (including phenoxy) is 4. The second-order valence-corrected chi connectivity index (χ2v) is 7.76. The molecule has 4 rings (SSSR count). The first-order valence-corrected chi connectivity index (χ1v) is 11.2. The van der Waals surface area contributed by atoms with Crippen LogP contribution in [0.3, 0.4) is 0 Å². The number of fused-ring (bicyclic) bond motifs is 1. The summed E-state index contributed by atoms with van der Waals surface area (Å²) in [6.07, 6.45) is 2.35. The molecule has 7 nitrogen and oxygen atoms in total. The van der Waals surface area contributed by atoms with Gasteiger partial charge in [0.25, 0.3) is 5.91 Å². The summed E-state index contributed by atoms with van der Waals surface area (Å²) in [6, 6.07) is 22.5. The van der Waals surface area contributed by atoms with E-state index in [1.807, 2.05) is 54.6 Å². The fraction of sp³-hybridized carbons (Fsp3) is 0.214. The van der Waals surface area contributed by atoms with Crippen LogP contribution < -0.4 is 23.8 Å². The number of anilines is 1. The predicted octanol–water partition coefficient (Wildman–Crippen LogP) is 4.66. The van der Waals surface area contributed by atoms with Crippen molar-refractivity contribution < 1.29 is 23.7 Å². The summed E-state index contributed by atoms with van der Waals surface area (Å²) in [7, 11) is 3.13. The molecule has 7 heteroatoms. The Kier molecular flexibility index (Phi) is 7.53. The minimum Gasteiger partial charge on any atom is -0.493 e. The highest BCUT2D eigenvalue weighted by Crippen LogP contribution is 2.31. The van der Waals surface area contributed by atoms with E-state index >= 15 is 0 Å². The topological polar surface area (TPSA) is 81.0 Å². The molecule has 1 amide bonds. The lowest BCUT2D eigenvalue weighted by atomic mass is 10.1. The number of carbonyl (C=O) groups excluding carboxylic acids is 1. The average Bonchev–Trinajstić information content (AvgIpc) is 3.34. The van der Waals surface area contributed by atoms with E-state index in [0.717, 1.165) is 17.7 Å². The summed E-state index contributed by atoms with van der Waals surface area (Å²) < 4.78 is 22.3. The second kappa shape index (κ2) is 11.1. The van der Waals surface area contributed by atoms with Gasteiger partial charge in [0.1, 0.15) is 24.9 Å². The molecule has 0 radical (unpaired) electrons. The number of benzene rings is 3. The fourth-order valence-electron chi connectivity index (χ4n) is 3.94. The third-order valence-electron chi connectivity index (χ3n) is 5.65. The summed E-state index contributed by atoms with van der Waals surface area (Å²) in [5.41, 5.74) is 2.69. The van der Waals surface area contributed by atoms with E-state index in [-0.39, 0.29) is 11.5 Å². The van der Waals surface area contributed by atoms with Gasteiger partial charge in [-0.3, -0.25) is 4.79 Å². The van der Waals surface area contributed by atoms with E-state index in [0.29, 0.717) is 48.3 Å². The molecule has 1 heterocycles. The molecular formula is C28H26N2O5. The summed E-state index contributed by atoms with van der Waals surface area (Å²) in [6.45, 7) is 1.17. The molecule has 3 aromatic carbocycles. The van der Waals surface area contributed by atoms with Crippen molar-refractivity contribution >= 4 is 17.7 Å². The number of hydrogen-bond donors (Lipinski definition) is 0. The van der Waals surface area contributed by atoms with Crippen LogP contribution >= 0.6 is 0 Å². The van der Waals surface area contributed by atoms with Crippen molar-refractivity contribution in [3.05, 3.63) is 83.4 Å². The Bertz CT molecular complexity index is 1280. The molecule has 1 aliphatic rings. The molecule has 0 aliphatic carbocycles. The second-order valence-electron chi connectivity index (χ2n) is 7.76. The molecule has 0 saturated carbocycles. The highest BCUT2D eigenvalue weighted by Gasteiger charge is 2.26. The van der Waals surface area contributed by atoms with E-state index in [4.69, 9.17) is 18.9 Å². The van der Waals surface area contributed by atoms with Crippen molar-refractivity contribution in [1.29, 1.82) is 5.26 Å². The molecule has 0 atom stereocenters. The zero-order valence-corrected chi connectivity index (χ0v) is 19.7. The van der Waals surface area contributed by atoms with E-state index < -0.39 is 0 Å². The smallest absolute Gasteiger partial charge is 0.268 e. The van der Waals surface area contributed by atoms with Gasteiger partial charge in [-0.05, 0) is 54.0 Å². The zero-order valence-electron chi connectivity index (χ0n) is 19.7. The van der Waals surface area contributed by atoms with Crippen molar-refractivity contribution in [2.75, 3.05) is 38.9 Å². The molecule has 1 aliphatic heterocycles. The van der Waals surface area contributed by atoms with Gasteiger partial charge in [0, 0.05) is 12.2 Å². The zero-order chi connectivity index (χ0) is 24.6. The minimum atomic E-state index is -0.315. The molecule has 3 aromatic rings. The van der Waals surface area contributed by atoms with Crippen LogP contribution in [-0.4, -0.2) is 39.9 Å². The lowest BCUT2D eigenvalue weighted by molar-refractivity contribution is -0.114. The largest absolute Gasteiger partial charge is 0.493 e. The first-order chi connectivity index (χ1) is 17.1. The molecule has 0 aromatic heterocycles. The highest BCUT2D eigenvalue weighted by molar-refractivity contribution is 6.12. The van der Waals surface area contributed by atoms with Gasteiger partial charge in [-0.25, -0.2) is 0 Å². The summed E-state index contributed by atoms with van der Waals surface area (Å²) in [5, 5.41) is 9.68. The van der Waals surface area contributed by atoms with Crippen LogP contribution in [-0.2, 0) is 11.2 Å².